The molecule has 2 rings (SSSR count). The Balaban J connectivity index is 2.56. The molecule has 0 aliphatic heterocycles. The summed E-state index contributed by atoms with van der Waals surface area (Å²) >= 11 is 0. The van der Waals surface area contributed by atoms with Crippen molar-refractivity contribution in [1.82, 2.24) is 0 Å². The van der Waals surface area contributed by atoms with Crippen LogP contribution in [0.4, 0.5) is 8.78 Å². The van der Waals surface area contributed by atoms with E-state index in [4.69, 9.17) is 0 Å². The number of hydrogen-bond donors (Lipinski definition) is 2. The van der Waals surface area contributed by atoms with Crippen molar-refractivity contribution in [1.29, 1.82) is 0 Å². The van der Waals surface area contributed by atoms with Gasteiger partial charge in [-0.15, -0.1) is 0 Å². The highest BCUT2D eigenvalue weighted by Crippen LogP contribution is 2.29. The standard InChI is InChI=1S/C17H19BF2O2/c1-2-3-5-10-13-11-14(18(21)22)16(19)17(20)15(13)12-8-6-4-7-9-12/h4,6-9,11,21-22H,2-3,5,10H2,1H3. The first-order chi connectivity index (χ1) is 10.6. The summed E-state index contributed by atoms with van der Waals surface area (Å²) in [4.78, 5) is 0. The van der Waals surface area contributed by atoms with Crippen molar-refractivity contribution < 1.29 is 18.8 Å². The molecule has 2 aromatic rings. The molecule has 116 valence electrons. The van der Waals surface area contributed by atoms with Crippen LogP contribution in [-0.4, -0.2) is 17.2 Å². The van der Waals surface area contributed by atoms with Gasteiger partial charge in [-0.2, -0.15) is 0 Å². The molecule has 0 aliphatic carbocycles. The number of unbranched alkanes of at least 4 members (excludes halogenated alkanes) is 2. The van der Waals surface area contributed by atoms with E-state index in [9.17, 15) is 18.8 Å². The van der Waals surface area contributed by atoms with Gasteiger partial charge in [-0.25, -0.2) is 8.78 Å². The minimum absolute atomic E-state index is 0.207. The minimum Gasteiger partial charge on any atom is -0.423 e. The van der Waals surface area contributed by atoms with E-state index in [0.29, 0.717) is 17.5 Å². The van der Waals surface area contributed by atoms with Crippen molar-refractivity contribution in [3.8, 4) is 11.1 Å². The Hall–Kier alpha value is -1.72. The molecular weight excluding hydrogens is 285 g/mol. The smallest absolute Gasteiger partial charge is 0.423 e. The molecule has 2 aromatic carbocycles. The van der Waals surface area contributed by atoms with E-state index in [0.717, 1.165) is 19.3 Å². The Morgan fingerprint density at radius 2 is 1.68 bits per heavy atom. The summed E-state index contributed by atoms with van der Waals surface area (Å²) in [6, 6.07) is 10.1. The third-order valence-electron chi connectivity index (χ3n) is 3.71. The molecule has 5 heteroatoms. The zero-order valence-electron chi connectivity index (χ0n) is 12.5. The van der Waals surface area contributed by atoms with Crippen LogP contribution in [0.1, 0.15) is 31.7 Å². The van der Waals surface area contributed by atoms with E-state index >= 15 is 0 Å². The zero-order valence-corrected chi connectivity index (χ0v) is 12.5. The van der Waals surface area contributed by atoms with Crippen LogP contribution >= 0.6 is 0 Å². The molecule has 0 saturated carbocycles. The van der Waals surface area contributed by atoms with Crippen LogP contribution in [0.3, 0.4) is 0 Å². The van der Waals surface area contributed by atoms with E-state index in [1.54, 1.807) is 30.3 Å². The minimum atomic E-state index is -2.02. The van der Waals surface area contributed by atoms with Crippen LogP contribution in [-0.2, 0) is 6.42 Å². The van der Waals surface area contributed by atoms with Gasteiger partial charge >= 0.3 is 7.12 Å². The molecule has 0 spiro atoms. The maximum absolute atomic E-state index is 14.5. The monoisotopic (exact) mass is 304 g/mol. The second-order valence-corrected chi connectivity index (χ2v) is 5.32. The van der Waals surface area contributed by atoms with E-state index < -0.39 is 24.2 Å². The predicted molar refractivity (Wildman–Crippen MR) is 84.8 cm³/mol. The molecule has 0 atom stereocenters. The van der Waals surface area contributed by atoms with Gasteiger partial charge in [0.25, 0.3) is 0 Å². The molecule has 0 bridgehead atoms. The van der Waals surface area contributed by atoms with E-state index in [1.165, 1.54) is 6.07 Å². The van der Waals surface area contributed by atoms with Crippen molar-refractivity contribution in [2.24, 2.45) is 0 Å². The second-order valence-electron chi connectivity index (χ2n) is 5.32. The fraction of sp³-hybridized carbons (Fsp3) is 0.294. The van der Waals surface area contributed by atoms with E-state index in [2.05, 4.69) is 6.92 Å². The van der Waals surface area contributed by atoms with Crippen LogP contribution in [0.2, 0.25) is 0 Å². The molecule has 2 N–H and O–H groups in total. The van der Waals surface area contributed by atoms with Crippen LogP contribution in [0.25, 0.3) is 11.1 Å². The molecule has 0 heterocycles. The van der Waals surface area contributed by atoms with Gasteiger partial charge in [0.1, 0.15) is 0 Å². The lowest BCUT2D eigenvalue weighted by Crippen LogP contribution is -2.34. The van der Waals surface area contributed by atoms with Gasteiger partial charge in [0.2, 0.25) is 0 Å². The third-order valence-corrected chi connectivity index (χ3v) is 3.71. The Bertz CT molecular complexity index is 630. The molecule has 0 aliphatic rings. The van der Waals surface area contributed by atoms with Crippen molar-refractivity contribution in [2.75, 3.05) is 0 Å². The van der Waals surface area contributed by atoms with Gasteiger partial charge in [0.15, 0.2) is 11.6 Å². The molecule has 22 heavy (non-hydrogen) atoms. The van der Waals surface area contributed by atoms with Crippen molar-refractivity contribution >= 4 is 12.6 Å². The second kappa shape index (κ2) is 7.52. The number of aryl methyl sites for hydroxylation is 1. The molecule has 2 nitrogen and oxygen atoms in total. The Morgan fingerprint density at radius 3 is 2.27 bits per heavy atom. The zero-order chi connectivity index (χ0) is 16.1. The average Bonchev–Trinajstić information content (AvgIpc) is 2.51. The lowest BCUT2D eigenvalue weighted by molar-refractivity contribution is 0.420. The summed E-state index contributed by atoms with van der Waals surface area (Å²) in [5.74, 6) is -2.23. The normalized spacial score (nSPS) is 10.8. The molecule has 0 amide bonds. The summed E-state index contributed by atoms with van der Waals surface area (Å²) in [7, 11) is -2.02. The highest BCUT2D eigenvalue weighted by molar-refractivity contribution is 6.58. The van der Waals surface area contributed by atoms with Crippen molar-refractivity contribution in [3.05, 3.63) is 53.6 Å². The molecule has 0 unspecified atom stereocenters. The van der Waals surface area contributed by atoms with Gasteiger partial charge in [-0.1, -0.05) is 56.2 Å². The maximum atomic E-state index is 14.5. The third kappa shape index (κ3) is 3.54. The number of benzene rings is 2. The number of halogens is 2. The summed E-state index contributed by atoms with van der Waals surface area (Å²) in [5, 5.41) is 18.5. The first-order valence-electron chi connectivity index (χ1n) is 7.48. The summed E-state index contributed by atoms with van der Waals surface area (Å²) < 4.78 is 28.6. The van der Waals surface area contributed by atoms with Crippen LogP contribution in [0.5, 0.6) is 0 Å². The van der Waals surface area contributed by atoms with E-state index in [1.807, 2.05) is 0 Å². The van der Waals surface area contributed by atoms with Gasteiger partial charge in [-0.3, -0.25) is 0 Å². The highest BCUT2D eigenvalue weighted by Gasteiger charge is 2.25. The van der Waals surface area contributed by atoms with Gasteiger partial charge < -0.3 is 10.0 Å². The topological polar surface area (TPSA) is 40.5 Å². The molecule has 0 radical (unpaired) electrons. The average molecular weight is 304 g/mol. The Labute approximate surface area is 129 Å². The number of rotatable bonds is 6. The van der Waals surface area contributed by atoms with Crippen LogP contribution in [0.15, 0.2) is 36.4 Å². The van der Waals surface area contributed by atoms with Crippen molar-refractivity contribution in [2.45, 2.75) is 32.6 Å². The van der Waals surface area contributed by atoms with Crippen LogP contribution in [0, 0.1) is 11.6 Å². The van der Waals surface area contributed by atoms with Crippen molar-refractivity contribution in [3.63, 3.8) is 0 Å². The van der Waals surface area contributed by atoms with Gasteiger partial charge in [0, 0.05) is 11.0 Å². The first-order valence-corrected chi connectivity index (χ1v) is 7.48. The Morgan fingerprint density at radius 1 is 1.00 bits per heavy atom. The van der Waals surface area contributed by atoms with Crippen LogP contribution < -0.4 is 5.46 Å². The molecule has 0 saturated heterocycles. The molecule has 0 aromatic heterocycles. The SMILES string of the molecule is CCCCCc1cc(B(O)O)c(F)c(F)c1-c1ccccc1. The summed E-state index contributed by atoms with van der Waals surface area (Å²) in [5.41, 5.74) is 0.980. The fourth-order valence-electron chi connectivity index (χ4n) is 2.57. The summed E-state index contributed by atoms with van der Waals surface area (Å²) in [6.07, 6.45) is 3.39. The quantitative estimate of drug-likeness (QED) is 0.636. The first kappa shape index (κ1) is 16.7. The fourth-order valence-corrected chi connectivity index (χ4v) is 2.57. The van der Waals surface area contributed by atoms with Gasteiger partial charge in [0.05, 0.1) is 0 Å². The predicted octanol–water partition coefficient (Wildman–Crippen LogP) is 3.04. The highest BCUT2D eigenvalue weighted by atomic mass is 19.2. The Kier molecular flexibility index (Phi) is 5.69. The van der Waals surface area contributed by atoms with Gasteiger partial charge in [-0.05, 0) is 24.0 Å². The largest absolute Gasteiger partial charge is 0.491 e. The number of hydrogen-bond acceptors (Lipinski definition) is 2. The molecule has 0 fully saturated rings. The maximum Gasteiger partial charge on any atom is 0.491 e. The van der Waals surface area contributed by atoms with E-state index in [-0.39, 0.29) is 5.56 Å². The summed E-state index contributed by atoms with van der Waals surface area (Å²) in [6.45, 7) is 2.06. The lowest BCUT2D eigenvalue weighted by Gasteiger charge is -2.15. The molecular formula is C17H19BF2O2. The lowest BCUT2D eigenvalue weighted by atomic mass is 9.77.